The second-order valence-corrected chi connectivity index (χ2v) is 3.43. The molecule has 1 rings (SSSR count). The molecule has 0 heterocycles. The monoisotopic (exact) mass is 201 g/mol. The summed E-state index contributed by atoms with van der Waals surface area (Å²) < 4.78 is 4.61. The van der Waals surface area contributed by atoms with E-state index in [2.05, 4.69) is 10.1 Å². The van der Waals surface area contributed by atoms with Gasteiger partial charge in [-0.2, -0.15) is 0 Å². The average molecular weight is 201 g/mol. The number of nitrogens with one attached hydrogen (secondary N) is 1. The third-order valence-corrected chi connectivity index (χ3v) is 2.13. The lowest BCUT2D eigenvalue weighted by atomic mass is 10.1. The number of ether oxygens (including phenoxy) is 1. The number of hydrogen-bond acceptors (Lipinski definition) is 3. The summed E-state index contributed by atoms with van der Waals surface area (Å²) in [6, 6.07) is -0.804. The summed E-state index contributed by atoms with van der Waals surface area (Å²) in [4.78, 5) is 21.7. The number of carboxylic acids is 1. The van der Waals surface area contributed by atoms with E-state index in [1.807, 2.05) is 0 Å². The lowest BCUT2D eigenvalue weighted by molar-refractivity contribution is -0.139. The Hall–Kier alpha value is -1.26. The van der Waals surface area contributed by atoms with E-state index < -0.39 is 18.1 Å². The van der Waals surface area contributed by atoms with Crippen molar-refractivity contribution in [3.8, 4) is 0 Å². The first-order valence-corrected chi connectivity index (χ1v) is 4.79. The van der Waals surface area contributed by atoms with Crippen molar-refractivity contribution in [3.63, 3.8) is 0 Å². The second-order valence-electron chi connectivity index (χ2n) is 3.43. The van der Waals surface area contributed by atoms with Crippen molar-refractivity contribution >= 4 is 12.1 Å². The van der Waals surface area contributed by atoms with Gasteiger partial charge in [0.1, 0.15) is 6.04 Å². The smallest absolute Gasteiger partial charge is 0.407 e. The summed E-state index contributed by atoms with van der Waals surface area (Å²) in [5, 5.41) is 11.1. The lowest BCUT2D eigenvalue weighted by Gasteiger charge is -2.13. The highest BCUT2D eigenvalue weighted by molar-refractivity contribution is 5.79. The summed E-state index contributed by atoms with van der Waals surface area (Å²) in [5.41, 5.74) is 0. The highest BCUT2D eigenvalue weighted by Gasteiger charge is 2.30. The number of alkyl carbamates (subject to hydrolysis) is 1. The summed E-state index contributed by atoms with van der Waals surface area (Å²) >= 11 is 0. The van der Waals surface area contributed by atoms with Crippen LogP contribution in [-0.2, 0) is 9.53 Å². The van der Waals surface area contributed by atoms with Gasteiger partial charge in [0.25, 0.3) is 0 Å². The van der Waals surface area contributed by atoms with Gasteiger partial charge in [-0.3, -0.25) is 0 Å². The van der Waals surface area contributed by atoms with Crippen molar-refractivity contribution in [2.24, 2.45) is 5.92 Å². The summed E-state index contributed by atoms with van der Waals surface area (Å²) in [5.74, 6) is -0.539. The molecular weight excluding hydrogens is 186 g/mol. The van der Waals surface area contributed by atoms with Crippen molar-refractivity contribution in [2.45, 2.75) is 32.2 Å². The molecule has 1 aliphatic rings. The van der Waals surface area contributed by atoms with Crippen molar-refractivity contribution < 1.29 is 19.4 Å². The number of carboxylic acid groups (broad SMARTS) is 1. The number of carbonyl (C=O) groups excluding carboxylic acids is 1. The van der Waals surface area contributed by atoms with Gasteiger partial charge >= 0.3 is 12.1 Å². The highest BCUT2D eigenvalue weighted by Crippen LogP contribution is 2.33. The van der Waals surface area contributed by atoms with Gasteiger partial charge in [-0.15, -0.1) is 0 Å². The molecule has 0 aromatic rings. The summed E-state index contributed by atoms with van der Waals surface area (Å²) in [6.45, 7) is 1.93. The average Bonchev–Trinajstić information content (AvgIpc) is 2.87. The Labute approximate surface area is 82.4 Å². The van der Waals surface area contributed by atoms with Gasteiger partial charge in [0.15, 0.2) is 0 Å². The SMILES string of the molecule is CCOC(=O)N[C@@H](CC1CC1)C(=O)O. The van der Waals surface area contributed by atoms with Crippen LogP contribution in [0.5, 0.6) is 0 Å². The Balaban J connectivity index is 2.33. The molecule has 14 heavy (non-hydrogen) atoms. The van der Waals surface area contributed by atoms with Crippen LogP contribution in [0.4, 0.5) is 4.79 Å². The zero-order chi connectivity index (χ0) is 10.6. The van der Waals surface area contributed by atoms with E-state index in [1.54, 1.807) is 6.92 Å². The van der Waals surface area contributed by atoms with Gasteiger partial charge in [-0.25, -0.2) is 9.59 Å². The first-order valence-electron chi connectivity index (χ1n) is 4.79. The number of rotatable bonds is 5. The Morgan fingerprint density at radius 2 is 2.21 bits per heavy atom. The minimum atomic E-state index is -0.995. The minimum Gasteiger partial charge on any atom is -0.480 e. The zero-order valence-corrected chi connectivity index (χ0v) is 8.16. The highest BCUT2D eigenvalue weighted by atomic mass is 16.5. The van der Waals surface area contributed by atoms with Gasteiger partial charge in [-0.1, -0.05) is 12.8 Å². The summed E-state index contributed by atoms with van der Waals surface area (Å²) in [6.07, 6.45) is 1.98. The molecule has 0 unspecified atom stereocenters. The standard InChI is InChI=1S/C9H15NO4/c1-2-14-9(13)10-7(8(11)12)5-6-3-4-6/h6-7H,2-5H2,1H3,(H,10,13)(H,11,12)/t7-/m0/s1. The van der Waals surface area contributed by atoms with Crippen LogP contribution in [0.2, 0.25) is 0 Å². The Bertz CT molecular complexity index is 225. The van der Waals surface area contributed by atoms with Crippen LogP contribution in [0.3, 0.4) is 0 Å². The molecule has 1 amide bonds. The molecule has 0 spiro atoms. The molecule has 1 saturated carbocycles. The van der Waals surface area contributed by atoms with Crippen molar-refractivity contribution in [1.29, 1.82) is 0 Å². The maximum atomic E-state index is 11.0. The molecule has 0 radical (unpaired) electrons. The molecule has 1 aliphatic carbocycles. The van der Waals surface area contributed by atoms with Crippen LogP contribution >= 0.6 is 0 Å². The topological polar surface area (TPSA) is 75.6 Å². The molecule has 0 aromatic carbocycles. The van der Waals surface area contributed by atoms with E-state index in [0.29, 0.717) is 12.3 Å². The van der Waals surface area contributed by atoms with Crippen LogP contribution in [0.25, 0.3) is 0 Å². The van der Waals surface area contributed by atoms with Gasteiger partial charge in [0.2, 0.25) is 0 Å². The molecule has 1 fully saturated rings. The van der Waals surface area contributed by atoms with Crippen molar-refractivity contribution in [2.75, 3.05) is 6.61 Å². The normalized spacial score (nSPS) is 17.2. The molecule has 0 aliphatic heterocycles. The lowest BCUT2D eigenvalue weighted by Crippen LogP contribution is -2.41. The van der Waals surface area contributed by atoms with E-state index in [9.17, 15) is 9.59 Å². The van der Waals surface area contributed by atoms with Gasteiger partial charge in [0, 0.05) is 0 Å². The molecular formula is C9H15NO4. The van der Waals surface area contributed by atoms with E-state index in [1.165, 1.54) is 0 Å². The van der Waals surface area contributed by atoms with E-state index in [-0.39, 0.29) is 6.61 Å². The maximum absolute atomic E-state index is 11.0. The van der Waals surface area contributed by atoms with Gasteiger partial charge in [0.05, 0.1) is 6.61 Å². The molecule has 0 bridgehead atoms. The zero-order valence-electron chi connectivity index (χ0n) is 8.16. The minimum absolute atomic E-state index is 0.252. The molecule has 80 valence electrons. The first-order chi connectivity index (χ1) is 6.63. The second kappa shape index (κ2) is 4.83. The molecule has 5 heteroatoms. The van der Waals surface area contributed by atoms with E-state index in [0.717, 1.165) is 12.8 Å². The Morgan fingerprint density at radius 3 is 2.64 bits per heavy atom. The van der Waals surface area contributed by atoms with Crippen LogP contribution in [-0.4, -0.2) is 29.8 Å². The first kappa shape index (κ1) is 10.8. The van der Waals surface area contributed by atoms with Crippen molar-refractivity contribution in [3.05, 3.63) is 0 Å². The summed E-state index contributed by atoms with van der Waals surface area (Å²) in [7, 11) is 0. The van der Waals surface area contributed by atoms with Gasteiger partial charge < -0.3 is 15.2 Å². The fraction of sp³-hybridized carbons (Fsp3) is 0.778. The molecule has 1 atom stereocenters. The van der Waals surface area contributed by atoms with Crippen LogP contribution in [0, 0.1) is 5.92 Å². The fourth-order valence-electron chi connectivity index (χ4n) is 1.22. The third-order valence-electron chi connectivity index (χ3n) is 2.13. The quantitative estimate of drug-likeness (QED) is 0.695. The Morgan fingerprint density at radius 1 is 1.57 bits per heavy atom. The van der Waals surface area contributed by atoms with E-state index in [4.69, 9.17) is 5.11 Å². The third kappa shape index (κ3) is 3.64. The van der Waals surface area contributed by atoms with Crippen LogP contribution < -0.4 is 5.32 Å². The number of carbonyl (C=O) groups is 2. The van der Waals surface area contributed by atoms with Crippen molar-refractivity contribution in [1.82, 2.24) is 5.32 Å². The van der Waals surface area contributed by atoms with Crippen LogP contribution in [0.1, 0.15) is 26.2 Å². The molecule has 2 N–H and O–H groups in total. The molecule has 0 aromatic heterocycles. The van der Waals surface area contributed by atoms with Gasteiger partial charge in [-0.05, 0) is 19.3 Å². The predicted octanol–water partition coefficient (Wildman–Crippen LogP) is 0.986. The van der Waals surface area contributed by atoms with E-state index >= 15 is 0 Å². The maximum Gasteiger partial charge on any atom is 0.407 e. The number of amides is 1. The molecule has 0 saturated heterocycles. The predicted molar refractivity (Wildman–Crippen MR) is 48.9 cm³/mol. The largest absolute Gasteiger partial charge is 0.480 e. The fourth-order valence-corrected chi connectivity index (χ4v) is 1.22. The number of aliphatic carboxylic acids is 1. The van der Waals surface area contributed by atoms with Crippen LogP contribution in [0.15, 0.2) is 0 Å². The number of hydrogen-bond donors (Lipinski definition) is 2. The molecule has 5 nitrogen and oxygen atoms in total. The Kier molecular flexibility index (Phi) is 3.73.